The zero-order valence-electron chi connectivity index (χ0n) is 15.9. The number of amidine groups is 2. The number of hydrazone groups is 1. The fraction of sp³-hybridized carbons (Fsp3) is 0.200. The van der Waals surface area contributed by atoms with Gasteiger partial charge in [-0.15, -0.1) is 0 Å². The van der Waals surface area contributed by atoms with Crippen molar-refractivity contribution >= 4 is 51.4 Å². The Kier molecular flexibility index (Phi) is 4.51. The summed E-state index contributed by atoms with van der Waals surface area (Å²) in [7, 11) is 0. The maximum Gasteiger partial charge on any atom is 0.283 e. The Morgan fingerprint density at radius 1 is 1.18 bits per heavy atom. The number of fused-ring (bicyclic) bond motifs is 1. The number of amides is 1. The smallest absolute Gasteiger partial charge is 0.283 e. The molecular weight excluding hydrogens is 394 g/mol. The molecule has 0 saturated heterocycles. The lowest BCUT2D eigenvalue weighted by Crippen LogP contribution is -2.35. The van der Waals surface area contributed by atoms with E-state index >= 15 is 0 Å². The molecule has 1 aromatic carbocycles. The number of carbonyl (C=O) groups is 1. The molecule has 2 aliphatic heterocycles. The fourth-order valence-corrected chi connectivity index (χ4v) is 4.20. The van der Waals surface area contributed by atoms with Gasteiger partial charge in [0.2, 0.25) is 5.17 Å². The van der Waals surface area contributed by atoms with Crippen molar-refractivity contribution in [3.8, 4) is 5.69 Å². The number of hydrogen-bond donors (Lipinski definition) is 1. The molecule has 0 spiro atoms. The largest absolute Gasteiger partial charge is 0.318 e. The minimum absolute atomic E-state index is 0.0440. The predicted molar refractivity (Wildman–Crippen MR) is 116 cm³/mol. The van der Waals surface area contributed by atoms with E-state index in [0.29, 0.717) is 10.2 Å². The highest BCUT2D eigenvalue weighted by Gasteiger charge is 2.34. The van der Waals surface area contributed by atoms with Crippen molar-refractivity contribution in [2.24, 2.45) is 10.1 Å². The van der Waals surface area contributed by atoms with Crippen LogP contribution in [0.4, 0.5) is 0 Å². The van der Waals surface area contributed by atoms with Crippen molar-refractivity contribution in [3.63, 3.8) is 0 Å². The number of rotatable bonds is 2. The number of aliphatic imine (C=N–C) groups is 1. The van der Waals surface area contributed by atoms with Crippen molar-refractivity contribution < 1.29 is 4.79 Å². The van der Waals surface area contributed by atoms with Gasteiger partial charge in [-0.25, -0.2) is 0 Å². The van der Waals surface area contributed by atoms with E-state index in [0.717, 1.165) is 33.2 Å². The number of nitrogens with zero attached hydrogens (tertiary/aromatic N) is 4. The lowest BCUT2D eigenvalue weighted by atomic mass is 10.1. The molecule has 0 radical (unpaired) electrons. The number of hydrogen-bond acceptors (Lipinski definition) is 4. The number of carbonyl (C=O) groups excluding carboxylic acids is 1. The summed E-state index contributed by atoms with van der Waals surface area (Å²) in [5, 5.41) is 16.0. The summed E-state index contributed by atoms with van der Waals surface area (Å²) in [5.74, 6) is -0.376. The van der Waals surface area contributed by atoms with Crippen LogP contribution in [0.1, 0.15) is 29.4 Å². The van der Waals surface area contributed by atoms with Gasteiger partial charge in [0, 0.05) is 22.1 Å². The van der Waals surface area contributed by atoms with Gasteiger partial charge < -0.3 is 4.57 Å². The molecule has 2 aromatic rings. The van der Waals surface area contributed by atoms with Gasteiger partial charge in [-0.1, -0.05) is 17.7 Å². The number of aromatic nitrogens is 1. The van der Waals surface area contributed by atoms with E-state index in [1.165, 1.54) is 16.8 Å². The van der Waals surface area contributed by atoms with Crippen LogP contribution < -0.4 is 0 Å². The summed E-state index contributed by atoms with van der Waals surface area (Å²) in [4.78, 5) is 16.6. The Bertz CT molecular complexity index is 1140. The average molecular weight is 412 g/mol. The molecule has 3 heterocycles. The molecule has 6 nitrogen and oxygen atoms in total. The fourth-order valence-electron chi connectivity index (χ4n) is 3.30. The van der Waals surface area contributed by atoms with Gasteiger partial charge in [-0.3, -0.25) is 10.2 Å². The maximum absolute atomic E-state index is 12.5. The van der Waals surface area contributed by atoms with Crippen LogP contribution in [0.15, 0.2) is 39.9 Å². The first-order valence-corrected chi connectivity index (χ1v) is 9.88. The summed E-state index contributed by atoms with van der Waals surface area (Å²) >= 11 is 7.59. The van der Waals surface area contributed by atoms with E-state index in [4.69, 9.17) is 17.0 Å². The molecule has 142 valence electrons. The molecule has 28 heavy (non-hydrogen) atoms. The predicted octanol–water partition coefficient (Wildman–Crippen LogP) is 4.70. The van der Waals surface area contributed by atoms with Gasteiger partial charge in [0.05, 0.1) is 10.6 Å². The van der Waals surface area contributed by atoms with Crippen LogP contribution in [0, 0.1) is 26.2 Å². The number of aryl methyl sites for hydroxylation is 2. The Balaban J connectivity index is 1.78. The van der Waals surface area contributed by atoms with E-state index in [1.807, 2.05) is 52.0 Å². The molecule has 8 heteroatoms. The van der Waals surface area contributed by atoms with Crippen molar-refractivity contribution in [1.29, 1.82) is 5.41 Å². The highest BCUT2D eigenvalue weighted by molar-refractivity contribution is 8.26. The topological polar surface area (TPSA) is 73.8 Å². The zero-order valence-corrected chi connectivity index (χ0v) is 17.4. The second-order valence-electron chi connectivity index (χ2n) is 6.73. The zero-order chi connectivity index (χ0) is 20.2. The van der Waals surface area contributed by atoms with Crippen LogP contribution in [0.3, 0.4) is 0 Å². The number of halogens is 1. The lowest BCUT2D eigenvalue weighted by Gasteiger charge is -2.20. The summed E-state index contributed by atoms with van der Waals surface area (Å²) < 4.78 is 2.08. The Labute approximate surface area is 172 Å². The molecule has 0 saturated carbocycles. The van der Waals surface area contributed by atoms with Gasteiger partial charge in [-0.2, -0.15) is 15.1 Å². The van der Waals surface area contributed by atoms with Crippen LogP contribution in [-0.4, -0.2) is 31.5 Å². The number of thioether (sulfide) groups is 1. The highest BCUT2D eigenvalue weighted by atomic mass is 35.5. The van der Waals surface area contributed by atoms with E-state index < -0.39 is 5.91 Å². The van der Waals surface area contributed by atoms with Gasteiger partial charge in [0.1, 0.15) is 0 Å². The summed E-state index contributed by atoms with van der Waals surface area (Å²) in [6.07, 6.45) is 1.72. The molecule has 0 atom stereocenters. The quantitative estimate of drug-likeness (QED) is 0.728. The Hall–Kier alpha value is -2.64. The first-order chi connectivity index (χ1) is 13.3. The van der Waals surface area contributed by atoms with Gasteiger partial charge >= 0.3 is 0 Å². The second kappa shape index (κ2) is 6.76. The minimum atomic E-state index is -0.420. The lowest BCUT2D eigenvalue weighted by molar-refractivity contribution is -0.114. The van der Waals surface area contributed by atoms with Crippen molar-refractivity contribution in [2.45, 2.75) is 27.7 Å². The first-order valence-electron chi connectivity index (χ1n) is 8.68. The monoisotopic (exact) mass is 411 g/mol. The van der Waals surface area contributed by atoms with Crippen LogP contribution in [0.25, 0.3) is 11.8 Å². The van der Waals surface area contributed by atoms with Gasteiger partial charge in [0.15, 0.2) is 5.84 Å². The summed E-state index contributed by atoms with van der Waals surface area (Å²) in [6, 6.07) is 7.92. The number of nitrogens with one attached hydrogen (secondary N) is 1. The number of benzene rings is 1. The molecule has 0 fully saturated rings. The molecule has 1 amide bonds. The summed E-state index contributed by atoms with van der Waals surface area (Å²) in [6.45, 7) is 7.77. The van der Waals surface area contributed by atoms with Crippen LogP contribution in [0.5, 0.6) is 0 Å². The van der Waals surface area contributed by atoms with Gasteiger partial charge in [0.25, 0.3) is 5.91 Å². The van der Waals surface area contributed by atoms with Crippen molar-refractivity contribution in [3.05, 3.63) is 57.4 Å². The van der Waals surface area contributed by atoms with Gasteiger partial charge in [-0.05, 0) is 74.9 Å². The molecule has 0 unspecified atom stereocenters. The minimum Gasteiger partial charge on any atom is -0.318 e. The van der Waals surface area contributed by atoms with E-state index in [2.05, 4.69) is 14.7 Å². The maximum atomic E-state index is 12.5. The Morgan fingerprint density at radius 3 is 2.64 bits per heavy atom. The molecule has 0 bridgehead atoms. The molecular formula is C20H18ClN5OS. The SMILES string of the molecule is CC1=NN2C(=N)C(=Cc3cc(C)n(-c4ccc(C)c(Cl)c4)c3C)C(=O)N=C2S1. The third-order valence-electron chi connectivity index (χ3n) is 4.74. The molecule has 1 aromatic heterocycles. The summed E-state index contributed by atoms with van der Waals surface area (Å²) in [5.41, 5.74) is 5.02. The molecule has 2 aliphatic rings. The van der Waals surface area contributed by atoms with Crippen LogP contribution in [-0.2, 0) is 4.79 Å². The van der Waals surface area contributed by atoms with Crippen molar-refractivity contribution in [1.82, 2.24) is 9.58 Å². The van der Waals surface area contributed by atoms with E-state index in [-0.39, 0.29) is 11.4 Å². The third-order valence-corrected chi connectivity index (χ3v) is 5.97. The first kappa shape index (κ1) is 18.7. The molecule has 1 N–H and O–H groups in total. The van der Waals surface area contributed by atoms with Crippen molar-refractivity contribution in [2.75, 3.05) is 0 Å². The standard InChI is InChI=1S/C20H18ClN5OS/c1-10-5-6-15(9-17(10)21)25-11(2)7-14(12(25)3)8-16-18(22)26-20(23-19(16)27)28-13(4)24-26/h5-9,22H,1-4H3. The average Bonchev–Trinajstić information content (AvgIpc) is 3.13. The third kappa shape index (κ3) is 3.00. The van der Waals surface area contributed by atoms with Crippen LogP contribution in [0.2, 0.25) is 5.02 Å². The molecule has 0 aliphatic carbocycles. The highest BCUT2D eigenvalue weighted by Crippen LogP contribution is 2.30. The van der Waals surface area contributed by atoms with E-state index in [9.17, 15) is 4.79 Å². The normalized spacial score (nSPS) is 17.9. The second-order valence-corrected chi connectivity index (χ2v) is 8.30. The van der Waals surface area contributed by atoms with Crippen LogP contribution >= 0.6 is 23.4 Å². The molecule has 4 rings (SSSR count). The van der Waals surface area contributed by atoms with E-state index in [1.54, 1.807) is 6.08 Å². The Morgan fingerprint density at radius 2 is 1.93 bits per heavy atom.